The van der Waals surface area contributed by atoms with Crippen LogP contribution in [0, 0.1) is 5.92 Å². The van der Waals surface area contributed by atoms with Crippen molar-refractivity contribution >= 4 is 66.1 Å². The largest absolute Gasteiger partial charge is 0.385 e. The molecule has 1 fully saturated rings. The number of nitrogens with zero attached hydrogens (tertiary/aromatic N) is 4. The summed E-state index contributed by atoms with van der Waals surface area (Å²) in [6, 6.07) is 9.45. The van der Waals surface area contributed by atoms with Crippen molar-refractivity contribution in [2.24, 2.45) is 5.92 Å². The van der Waals surface area contributed by atoms with Gasteiger partial charge in [0.1, 0.15) is 5.78 Å². The number of ketones is 1. The van der Waals surface area contributed by atoms with Gasteiger partial charge in [0, 0.05) is 68.2 Å². The molecule has 2 aliphatic heterocycles. The lowest BCUT2D eigenvalue weighted by atomic mass is 9.89. The number of hydrogen-bond acceptors (Lipinski definition) is 7. The Morgan fingerprint density at radius 1 is 1.26 bits per heavy atom. The molecule has 0 aliphatic carbocycles. The van der Waals surface area contributed by atoms with Gasteiger partial charge in [0.05, 0.1) is 5.69 Å². The van der Waals surface area contributed by atoms with Gasteiger partial charge in [-0.1, -0.05) is 29.8 Å². The SMILES string of the molecule is COCCCN1C(=O)c2cccc3c(CC(=O)C4CCCN(S(=O)(=O)c5c(Cl)nc6sccn56)C4)ccc1c23. The standard InChI is InChI=1S/C27H27ClN4O5S2/c1-37-13-4-11-31-21-9-8-17(19-6-2-7-20(23(19)21)25(31)34)15-22(33)18-5-3-10-30(16-18)39(35,36)26-24(28)29-27-32(26)12-14-38-27/h2,6-9,12,14,18H,3-5,10-11,13,15-16H2,1H3. The molecule has 204 valence electrons. The van der Waals surface area contributed by atoms with E-state index in [4.69, 9.17) is 16.3 Å². The van der Waals surface area contributed by atoms with Gasteiger partial charge in [-0.05, 0) is 42.3 Å². The Bertz CT molecular complexity index is 1710. The first-order chi connectivity index (χ1) is 18.8. The van der Waals surface area contributed by atoms with Crippen molar-refractivity contribution in [3.05, 3.63) is 58.2 Å². The van der Waals surface area contributed by atoms with E-state index in [0.717, 1.165) is 28.4 Å². The molecular weight excluding hydrogens is 560 g/mol. The number of piperidine rings is 1. The number of sulfonamides is 1. The van der Waals surface area contributed by atoms with Crippen molar-refractivity contribution in [2.45, 2.75) is 30.7 Å². The van der Waals surface area contributed by atoms with Crippen LogP contribution in [0.25, 0.3) is 15.7 Å². The molecule has 4 heterocycles. The second-order valence-corrected chi connectivity index (χ2v) is 13.0. The normalized spacial score (nSPS) is 18.1. The topological polar surface area (TPSA) is 101 Å². The Hall–Kier alpha value is -2.83. The lowest BCUT2D eigenvalue weighted by Gasteiger charge is -2.31. The first kappa shape index (κ1) is 26.4. The number of benzene rings is 2. The van der Waals surface area contributed by atoms with Gasteiger partial charge in [0.25, 0.3) is 15.9 Å². The van der Waals surface area contributed by atoms with Crippen molar-refractivity contribution in [1.29, 1.82) is 0 Å². The fourth-order valence-electron chi connectivity index (χ4n) is 5.70. The van der Waals surface area contributed by atoms with Gasteiger partial charge in [0.2, 0.25) is 0 Å². The Morgan fingerprint density at radius 3 is 2.92 bits per heavy atom. The van der Waals surface area contributed by atoms with Crippen LogP contribution in [0.2, 0.25) is 5.15 Å². The van der Waals surface area contributed by atoms with E-state index in [0.29, 0.717) is 43.1 Å². The van der Waals surface area contributed by atoms with E-state index in [1.54, 1.807) is 23.6 Å². The highest BCUT2D eigenvalue weighted by Crippen LogP contribution is 2.39. The summed E-state index contributed by atoms with van der Waals surface area (Å²) in [5.41, 5.74) is 2.33. The molecule has 6 rings (SSSR count). The average molecular weight is 587 g/mol. The summed E-state index contributed by atoms with van der Waals surface area (Å²) in [6.07, 6.45) is 3.72. The highest BCUT2D eigenvalue weighted by Gasteiger charge is 2.37. The zero-order valence-corrected chi connectivity index (χ0v) is 23.7. The van der Waals surface area contributed by atoms with Crippen LogP contribution in [0.3, 0.4) is 0 Å². The molecule has 1 unspecified atom stereocenters. The fourth-order valence-corrected chi connectivity index (χ4v) is 8.63. The summed E-state index contributed by atoms with van der Waals surface area (Å²) < 4.78 is 35.1. The van der Waals surface area contributed by atoms with Crippen LogP contribution in [0.4, 0.5) is 5.69 Å². The van der Waals surface area contributed by atoms with Crippen LogP contribution >= 0.6 is 22.9 Å². The quantitative estimate of drug-likeness (QED) is 0.269. The highest BCUT2D eigenvalue weighted by molar-refractivity contribution is 7.89. The molecule has 1 atom stereocenters. The van der Waals surface area contributed by atoms with Crippen molar-refractivity contribution in [3.63, 3.8) is 0 Å². The number of fused-ring (bicyclic) bond motifs is 1. The van der Waals surface area contributed by atoms with E-state index in [1.165, 1.54) is 20.0 Å². The van der Waals surface area contributed by atoms with Gasteiger partial charge in [-0.3, -0.25) is 14.0 Å². The van der Waals surface area contributed by atoms with Crippen molar-refractivity contribution in [2.75, 3.05) is 38.3 Å². The molecule has 1 saturated heterocycles. The molecular formula is C27H27ClN4O5S2. The molecule has 0 spiro atoms. The third-order valence-corrected chi connectivity index (χ3v) is 10.6. The van der Waals surface area contributed by atoms with Gasteiger partial charge >= 0.3 is 0 Å². The van der Waals surface area contributed by atoms with Gasteiger partial charge < -0.3 is 9.64 Å². The zero-order chi connectivity index (χ0) is 27.3. The number of carbonyl (C=O) groups is 2. The molecule has 2 aliphatic rings. The van der Waals surface area contributed by atoms with E-state index in [-0.39, 0.29) is 34.8 Å². The summed E-state index contributed by atoms with van der Waals surface area (Å²) in [5.74, 6) is -0.494. The Morgan fingerprint density at radius 2 is 2.10 bits per heavy atom. The maximum atomic E-state index is 13.5. The summed E-state index contributed by atoms with van der Waals surface area (Å²) in [4.78, 5) is 33.1. The highest BCUT2D eigenvalue weighted by atomic mass is 35.5. The second-order valence-electron chi connectivity index (χ2n) is 9.88. The van der Waals surface area contributed by atoms with Crippen LogP contribution in [0.1, 0.15) is 35.2 Å². The lowest BCUT2D eigenvalue weighted by molar-refractivity contribution is -0.123. The number of imidazole rings is 1. The summed E-state index contributed by atoms with van der Waals surface area (Å²) in [6.45, 7) is 1.54. The molecule has 9 nitrogen and oxygen atoms in total. The minimum Gasteiger partial charge on any atom is -0.385 e. The van der Waals surface area contributed by atoms with Crippen LogP contribution in [-0.2, 0) is 26.0 Å². The number of halogens is 1. The molecule has 0 saturated carbocycles. The second kappa shape index (κ2) is 10.3. The predicted molar refractivity (Wildman–Crippen MR) is 150 cm³/mol. The van der Waals surface area contributed by atoms with Crippen LogP contribution in [-0.4, -0.2) is 67.1 Å². The monoisotopic (exact) mass is 586 g/mol. The van der Waals surface area contributed by atoms with E-state index in [1.807, 2.05) is 30.3 Å². The average Bonchev–Trinajstić information content (AvgIpc) is 3.58. The first-order valence-electron chi connectivity index (χ1n) is 12.8. The Labute approximate surface area is 235 Å². The van der Waals surface area contributed by atoms with Crippen molar-refractivity contribution in [3.8, 4) is 0 Å². The molecule has 1 amide bonds. The predicted octanol–water partition coefficient (Wildman–Crippen LogP) is 4.41. The van der Waals surface area contributed by atoms with E-state index in [9.17, 15) is 18.0 Å². The van der Waals surface area contributed by atoms with Crippen molar-refractivity contribution in [1.82, 2.24) is 13.7 Å². The number of rotatable bonds is 9. The third-order valence-electron chi connectivity index (χ3n) is 7.57. The molecule has 39 heavy (non-hydrogen) atoms. The smallest absolute Gasteiger partial charge is 0.262 e. The van der Waals surface area contributed by atoms with E-state index in [2.05, 4.69) is 4.98 Å². The van der Waals surface area contributed by atoms with Crippen LogP contribution in [0.5, 0.6) is 0 Å². The third kappa shape index (κ3) is 4.46. The van der Waals surface area contributed by atoms with E-state index >= 15 is 0 Å². The summed E-state index contributed by atoms with van der Waals surface area (Å²) >= 11 is 7.53. The molecule has 2 aromatic carbocycles. The van der Waals surface area contributed by atoms with E-state index < -0.39 is 15.9 Å². The van der Waals surface area contributed by atoms with Gasteiger partial charge in [-0.15, -0.1) is 11.3 Å². The van der Waals surface area contributed by atoms with Crippen molar-refractivity contribution < 1.29 is 22.7 Å². The lowest BCUT2D eigenvalue weighted by Crippen LogP contribution is -2.43. The number of ether oxygens (including phenoxy) is 1. The molecule has 12 heteroatoms. The minimum absolute atomic E-state index is 0.0167. The number of Topliss-reactive ketones (excluding diaryl/α,β-unsaturated/α-hetero) is 1. The van der Waals surface area contributed by atoms with Crippen LogP contribution in [0.15, 0.2) is 46.9 Å². The molecule has 0 bridgehead atoms. The van der Waals surface area contributed by atoms with Crippen LogP contribution < -0.4 is 4.90 Å². The summed E-state index contributed by atoms with van der Waals surface area (Å²) in [7, 11) is -2.30. The van der Waals surface area contributed by atoms with Gasteiger partial charge in [-0.2, -0.15) is 4.31 Å². The van der Waals surface area contributed by atoms with Gasteiger partial charge in [0.15, 0.2) is 15.1 Å². The number of thiazole rings is 1. The Kier molecular flexibility index (Phi) is 6.96. The number of methoxy groups -OCH3 is 1. The number of carbonyl (C=O) groups excluding carboxylic acids is 2. The number of hydrogen-bond donors (Lipinski definition) is 0. The zero-order valence-electron chi connectivity index (χ0n) is 21.3. The number of amides is 1. The maximum absolute atomic E-state index is 13.5. The molecule has 4 aromatic rings. The minimum atomic E-state index is -3.94. The summed E-state index contributed by atoms with van der Waals surface area (Å²) in [5, 5.41) is 3.39. The first-order valence-corrected chi connectivity index (χ1v) is 15.5. The molecule has 2 aromatic heterocycles. The Balaban J connectivity index is 1.24. The fraction of sp³-hybridized carbons (Fsp3) is 0.370. The number of anilines is 1. The van der Waals surface area contributed by atoms with Gasteiger partial charge in [-0.25, -0.2) is 13.4 Å². The number of aromatic nitrogens is 2. The molecule has 0 radical (unpaired) electrons. The maximum Gasteiger partial charge on any atom is 0.262 e. The molecule has 0 N–H and O–H groups in total.